The fraction of sp³-hybridized carbons (Fsp3) is 0.364. The maximum Gasteiger partial charge on any atom is 0.221 e. The average molecular weight is 212 g/mol. The van der Waals surface area contributed by atoms with Crippen LogP contribution in [-0.4, -0.2) is 5.91 Å². The minimum absolute atomic E-state index is 0.258. The molecule has 3 heteroatoms. The van der Waals surface area contributed by atoms with Gasteiger partial charge in [0.15, 0.2) is 0 Å². The van der Waals surface area contributed by atoms with E-state index in [2.05, 4.69) is 13.8 Å². The molecule has 0 aliphatic heterocycles. The Balaban J connectivity index is 3.09. The van der Waals surface area contributed by atoms with Crippen LogP contribution >= 0.6 is 11.6 Å². The average Bonchev–Trinajstić information content (AvgIpc) is 2.01. The molecule has 0 saturated carbocycles. The van der Waals surface area contributed by atoms with Gasteiger partial charge in [-0.05, 0) is 29.2 Å². The number of hydrogen-bond donors (Lipinski definition) is 1. The van der Waals surface area contributed by atoms with Gasteiger partial charge >= 0.3 is 0 Å². The summed E-state index contributed by atoms with van der Waals surface area (Å²) in [5, 5.41) is 0.644. The first-order chi connectivity index (χ1) is 6.50. The monoisotopic (exact) mass is 211 g/mol. The van der Waals surface area contributed by atoms with Gasteiger partial charge in [-0.2, -0.15) is 0 Å². The van der Waals surface area contributed by atoms with E-state index in [1.54, 1.807) is 0 Å². The minimum Gasteiger partial charge on any atom is -0.369 e. The maximum absolute atomic E-state index is 10.8. The third-order valence-electron chi connectivity index (χ3n) is 2.09. The Hall–Kier alpha value is -1.02. The second kappa shape index (κ2) is 4.47. The number of halogens is 1. The minimum atomic E-state index is -0.325. The molecular weight excluding hydrogens is 198 g/mol. The lowest BCUT2D eigenvalue weighted by Crippen LogP contribution is -2.15. The fourth-order valence-electron chi connectivity index (χ4n) is 1.48. The number of hydrogen-bond acceptors (Lipinski definition) is 1. The zero-order chi connectivity index (χ0) is 10.7. The van der Waals surface area contributed by atoms with E-state index in [1.807, 2.05) is 18.2 Å². The van der Waals surface area contributed by atoms with Crippen molar-refractivity contribution in [2.75, 3.05) is 0 Å². The Morgan fingerprint density at radius 3 is 2.64 bits per heavy atom. The Labute approximate surface area is 89.1 Å². The molecule has 14 heavy (non-hydrogen) atoms. The standard InChI is InChI=1S/C11H14ClNO/c1-7(2)10-4-3-9(12)5-8(10)6-11(13)14/h3-5,7H,6H2,1-2H3,(H2,13,14). The van der Waals surface area contributed by atoms with Crippen molar-refractivity contribution in [1.82, 2.24) is 0 Å². The van der Waals surface area contributed by atoms with Gasteiger partial charge < -0.3 is 5.73 Å². The molecule has 0 fully saturated rings. The molecule has 1 aromatic carbocycles. The van der Waals surface area contributed by atoms with Gasteiger partial charge in [-0.1, -0.05) is 31.5 Å². The van der Waals surface area contributed by atoms with Crippen LogP contribution in [-0.2, 0) is 11.2 Å². The molecule has 1 amide bonds. The van der Waals surface area contributed by atoms with E-state index in [4.69, 9.17) is 17.3 Å². The van der Waals surface area contributed by atoms with Crippen molar-refractivity contribution < 1.29 is 4.79 Å². The quantitative estimate of drug-likeness (QED) is 0.820. The van der Waals surface area contributed by atoms with Crippen molar-refractivity contribution in [3.8, 4) is 0 Å². The van der Waals surface area contributed by atoms with Crippen molar-refractivity contribution in [3.63, 3.8) is 0 Å². The molecule has 0 aliphatic rings. The fourth-order valence-corrected chi connectivity index (χ4v) is 1.67. The van der Waals surface area contributed by atoms with Gasteiger partial charge in [0.2, 0.25) is 5.91 Å². The SMILES string of the molecule is CC(C)c1ccc(Cl)cc1CC(N)=O. The zero-order valence-electron chi connectivity index (χ0n) is 8.38. The molecule has 1 rings (SSSR count). The van der Waals surface area contributed by atoms with Crippen LogP contribution < -0.4 is 5.73 Å². The van der Waals surface area contributed by atoms with E-state index < -0.39 is 0 Å². The van der Waals surface area contributed by atoms with E-state index in [0.29, 0.717) is 10.9 Å². The summed E-state index contributed by atoms with van der Waals surface area (Å²) in [4.78, 5) is 10.8. The first kappa shape index (κ1) is 11.1. The van der Waals surface area contributed by atoms with Gasteiger partial charge in [0.1, 0.15) is 0 Å². The maximum atomic E-state index is 10.8. The van der Waals surface area contributed by atoms with Crippen LogP contribution in [0.15, 0.2) is 18.2 Å². The molecule has 0 spiro atoms. The summed E-state index contributed by atoms with van der Waals surface area (Å²) in [6.45, 7) is 4.15. The molecule has 0 saturated heterocycles. The van der Waals surface area contributed by atoms with Crippen molar-refractivity contribution in [3.05, 3.63) is 34.3 Å². The first-order valence-electron chi connectivity index (χ1n) is 4.57. The van der Waals surface area contributed by atoms with Crippen molar-refractivity contribution in [2.45, 2.75) is 26.2 Å². The van der Waals surface area contributed by atoms with Crippen LogP contribution in [0, 0.1) is 0 Å². The number of rotatable bonds is 3. The van der Waals surface area contributed by atoms with Crippen LogP contribution in [0.2, 0.25) is 5.02 Å². The predicted octanol–water partition coefficient (Wildman–Crippen LogP) is 2.49. The van der Waals surface area contributed by atoms with Crippen LogP contribution in [0.25, 0.3) is 0 Å². The summed E-state index contributed by atoms with van der Waals surface area (Å²) < 4.78 is 0. The first-order valence-corrected chi connectivity index (χ1v) is 4.95. The van der Waals surface area contributed by atoms with Crippen LogP contribution in [0.5, 0.6) is 0 Å². The zero-order valence-corrected chi connectivity index (χ0v) is 9.14. The summed E-state index contributed by atoms with van der Waals surface area (Å²) in [6, 6.07) is 5.59. The Morgan fingerprint density at radius 2 is 2.14 bits per heavy atom. The molecule has 0 aromatic heterocycles. The van der Waals surface area contributed by atoms with E-state index >= 15 is 0 Å². The van der Waals surface area contributed by atoms with Gasteiger partial charge in [0, 0.05) is 5.02 Å². The number of carbonyl (C=O) groups excluding carboxylic acids is 1. The van der Waals surface area contributed by atoms with Gasteiger partial charge in [-0.25, -0.2) is 0 Å². The summed E-state index contributed by atoms with van der Waals surface area (Å²) in [5.41, 5.74) is 7.22. The van der Waals surface area contributed by atoms with Crippen LogP contribution in [0.1, 0.15) is 30.9 Å². The van der Waals surface area contributed by atoms with Crippen molar-refractivity contribution in [1.29, 1.82) is 0 Å². The number of nitrogens with two attached hydrogens (primary N) is 1. The number of primary amides is 1. The summed E-state index contributed by atoms with van der Waals surface area (Å²) in [6.07, 6.45) is 0.258. The lowest BCUT2D eigenvalue weighted by atomic mass is 9.95. The molecular formula is C11H14ClNO. The molecule has 0 aliphatic carbocycles. The van der Waals surface area contributed by atoms with Crippen LogP contribution in [0.4, 0.5) is 0 Å². The molecule has 2 N–H and O–H groups in total. The smallest absolute Gasteiger partial charge is 0.221 e. The van der Waals surface area contributed by atoms with E-state index in [-0.39, 0.29) is 12.3 Å². The highest BCUT2D eigenvalue weighted by molar-refractivity contribution is 6.30. The van der Waals surface area contributed by atoms with Gasteiger partial charge in [-0.15, -0.1) is 0 Å². The largest absolute Gasteiger partial charge is 0.369 e. The molecule has 2 nitrogen and oxygen atoms in total. The third-order valence-corrected chi connectivity index (χ3v) is 2.33. The number of amides is 1. The van der Waals surface area contributed by atoms with E-state index in [1.165, 1.54) is 0 Å². The number of carbonyl (C=O) groups is 1. The predicted molar refractivity (Wildman–Crippen MR) is 58.4 cm³/mol. The van der Waals surface area contributed by atoms with Crippen LogP contribution in [0.3, 0.4) is 0 Å². The normalized spacial score (nSPS) is 10.6. The van der Waals surface area contributed by atoms with Gasteiger partial charge in [0.05, 0.1) is 6.42 Å². The van der Waals surface area contributed by atoms with Gasteiger partial charge in [-0.3, -0.25) is 4.79 Å². The van der Waals surface area contributed by atoms with E-state index in [0.717, 1.165) is 11.1 Å². The second-order valence-electron chi connectivity index (χ2n) is 3.64. The molecule has 0 radical (unpaired) electrons. The van der Waals surface area contributed by atoms with Crippen molar-refractivity contribution in [2.24, 2.45) is 5.73 Å². The highest BCUT2D eigenvalue weighted by Gasteiger charge is 2.09. The lowest BCUT2D eigenvalue weighted by molar-refractivity contribution is -0.117. The topological polar surface area (TPSA) is 43.1 Å². The summed E-state index contributed by atoms with van der Waals surface area (Å²) >= 11 is 5.85. The Morgan fingerprint density at radius 1 is 1.50 bits per heavy atom. The van der Waals surface area contributed by atoms with E-state index in [9.17, 15) is 4.79 Å². The highest BCUT2D eigenvalue weighted by atomic mass is 35.5. The van der Waals surface area contributed by atoms with Gasteiger partial charge in [0.25, 0.3) is 0 Å². The second-order valence-corrected chi connectivity index (χ2v) is 4.08. The molecule has 1 aromatic rings. The third kappa shape index (κ3) is 2.74. The molecule has 0 atom stereocenters. The van der Waals surface area contributed by atoms with Crippen molar-refractivity contribution >= 4 is 17.5 Å². The Kier molecular flexibility index (Phi) is 3.53. The highest BCUT2D eigenvalue weighted by Crippen LogP contribution is 2.23. The molecule has 0 unspecified atom stereocenters. The number of benzene rings is 1. The summed E-state index contributed by atoms with van der Waals surface area (Å²) in [7, 11) is 0. The summed E-state index contributed by atoms with van der Waals surface area (Å²) in [5.74, 6) is 0.0517. The molecule has 76 valence electrons. The Bertz CT molecular complexity index is 347. The lowest BCUT2D eigenvalue weighted by Gasteiger charge is -2.11. The molecule has 0 heterocycles. The molecule has 0 bridgehead atoms.